The molecule has 0 aliphatic rings. The van der Waals surface area contributed by atoms with E-state index in [1.807, 2.05) is 26.0 Å². The van der Waals surface area contributed by atoms with Crippen molar-refractivity contribution in [3.8, 4) is 0 Å². The number of rotatable bonds is 5. The zero-order valence-corrected chi connectivity index (χ0v) is 12.4. The second kappa shape index (κ2) is 6.49. The fraction of sp³-hybridized carbons (Fsp3) is 0.400. The highest BCUT2D eigenvalue weighted by Crippen LogP contribution is 2.10. The summed E-state index contributed by atoms with van der Waals surface area (Å²) in [5, 5.41) is 3.29. The standard InChI is InChI=1S/C15H19N3O3/c1-10-5-4-6-12-14(10)16-9-18(15(12)20)7-13(19)17-11(2)8-21-3/h4-6,9,11H,7-8H2,1-3H3,(H,17,19)/t11-/m1/s1. The van der Waals surface area contributed by atoms with Crippen molar-refractivity contribution in [3.63, 3.8) is 0 Å². The SMILES string of the molecule is COC[C@@H](C)NC(=O)Cn1cnc2c(C)cccc2c1=O. The van der Waals surface area contributed by atoms with Crippen molar-refractivity contribution in [1.29, 1.82) is 0 Å². The van der Waals surface area contributed by atoms with Crippen LogP contribution in [0.1, 0.15) is 12.5 Å². The second-order valence-electron chi connectivity index (χ2n) is 5.07. The van der Waals surface area contributed by atoms with Crippen molar-refractivity contribution in [2.75, 3.05) is 13.7 Å². The van der Waals surface area contributed by atoms with Gasteiger partial charge < -0.3 is 10.1 Å². The van der Waals surface area contributed by atoms with Crippen LogP contribution in [-0.2, 0) is 16.1 Å². The van der Waals surface area contributed by atoms with Gasteiger partial charge in [-0.2, -0.15) is 0 Å². The number of amides is 1. The Balaban J connectivity index is 2.22. The smallest absolute Gasteiger partial charge is 0.261 e. The van der Waals surface area contributed by atoms with Gasteiger partial charge in [0.1, 0.15) is 6.54 Å². The Labute approximate surface area is 122 Å². The van der Waals surface area contributed by atoms with E-state index in [1.54, 1.807) is 13.2 Å². The largest absolute Gasteiger partial charge is 0.383 e. The minimum atomic E-state index is -0.240. The normalized spacial score (nSPS) is 12.3. The van der Waals surface area contributed by atoms with Gasteiger partial charge in [-0.3, -0.25) is 14.2 Å². The molecule has 6 nitrogen and oxygen atoms in total. The summed E-state index contributed by atoms with van der Waals surface area (Å²) in [7, 11) is 1.57. The van der Waals surface area contributed by atoms with Crippen LogP contribution < -0.4 is 10.9 Å². The number of aromatic nitrogens is 2. The van der Waals surface area contributed by atoms with E-state index in [9.17, 15) is 9.59 Å². The lowest BCUT2D eigenvalue weighted by Gasteiger charge is -2.13. The van der Waals surface area contributed by atoms with Gasteiger partial charge in [0.15, 0.2) is 0 Å². The maximum absolute atomic E-state index is 12.3. The average molecular weight is 289 g/mol. The summed E-state index contributed by atoms with van der Waals surface area (Å²) in [5.74, 6) is -0.240. The monoisotopic (exact) mass is 289 g/mol. The number of nitrogens with one attached hydrogen (secondary N) is 1. The number of carbonyl (C=O) groups is 1. The maximum atomic E-state index is 12.3. The molecule has 0 spiro atoms. The molecule has 6 heteroatoms. The highest BCUT2D eigenvalue weighted by molar-refractivity contribution is 5.81. The number of ether oxygens (including phenoxy) is 1. The summed E-state index contributed by atoms with van der Waals surface area (Å²) in [6.45, 7) is 4.12. The van der Waals surface area contributed by atoms with Crippen LogP contribution in [0.25, 0.3) is 10.9 Å². The van der Waals surface area contributed by atoms with Gasteiger partial charge in [0.05, 0.1) is 23.8 Å². The molecule has 2 rings (SSSR count). The van der Waals surface area contributed by atoms with Crippen molar-refractivity contribution in [2.45, 2.75) is 26.4 Å². The molecule has 1 heterocycles. The number of carbonyl (C=O) groups excluding carboxylic acids is 1. The van der Waals surface area contributed by atoms with Crippen LogP contribution in [0.5, 0.6) is 0 Å². The number of benzene rings is 1. The average Bonchev–Trinajstić information content (AvgIpc) is 2.43. The highest BCUT2D eigenvalue weighted by Gasteiger charge is 2.11. The molecule has 21 heavy (non-hydrogen) atoms. The van der Waals surface area contributed by atoms with Gasteiger partial charge in [-0.15, -0.1) is 0 Å². The third-order valence-electron chi connectivity index (χ3n) is 3.19. The van der Waals surface area contributed by atoms with Gasteiger partial charge in [0.25, 0.3) is 5.56 Å². The van der Waals surface area contributed by atoms with Crippen LogP contribution in [0, 0.1) is 6.92 Å². The predicted octanol–water partition coefficient (Wildman–Crippen LogP) is 0.856. The molecule has 0 bridgehead atoms. The summed E-state index contributed by atoms with van der Waals surface area (Å²) in [4.78, 5) is 28.5. The quantitative estimate of drug-likeness (QED) is 0.886. The zero-order chi connectivity index (χ0) is 15.4. The molecule has 2 aromatic rings. The Morgan fingerprint density at radius 2 is 2.24 bits per heavy atom. The number of nitrogens with zero attached hydrogens (tertiary/aromatic N) is 2. The summed E-state index contributed by atoms with van der Waals surface area (Å²) < 4.78 is 6.27. The van der Waals surface area contributed by atoms with E-state index in [0.29, 0.717) is 17.5 Å². The predicted molar refractivity (Wildman–Crippen MR) is 80.2 cm³/mol. The molecule has 0 radical (unpaired) electrons. The number of hydrogen-bond acceptors (Lipinski definition) is 4. The first kappa shape index (κ1) is 15.2. The van der Waals surface area contributed by atoms with Crippen molar-refractivity contribution in [2.24, 2.45) is 0 Å². The number of hydrogen-bond donors (Lipinski definition) is 1. The number of aryl methyl sites for hydroxylation is 1. The molecule has 112 valence electrons. The summed E-state index contributed by atoms with van der Waals surface area (Å²) in [5.41, 5.74) is 1.40. The summed E-state index contributed by atoms with van der Waals surface area (Å²) >= 11 is 0. The van der Waals surface area contributed by atoms with Crippen LogP contribution in [0.3, 0.4) is 0 Å². The maximum Gasteiger partial charge on any atom is 0.261 e. The van der Waals surface area contributed by atoms with E-state index in [1.165, 1.54) is 10.9 Å². The fourth-order valence-electron chi connectivity index (χ4n) is 2.22. The van der Waals surface area contributed by atoms with E-state index in [2.05, 4.69) is 10.3 Å². The van der Waals surface area contributed by atoms with Crippen molar-refractivity contribution < 1.29 is 9.53 Å². The zero-order valence-electron chi connectivity index (χ0n) is 12.4. The molecule has 0 unspecified atom stereocenters. The van der Waals surface area contributed by atoms with Gasteiger partial charge >= 0.3 is 0 Å². The van der Waals surface area contributed by atoms with Crippen molar-refractivity contribution in [1.82, 2.24) is 14.9 Å². The lowest BCUT2D eigenvalue weighted by molar-refractivity contribution is -0.122. The molecular formula is C15H19N3O3. The van der Waals surface area contributed by atoms with E-state index in [-0.39, 0.29) is 24.1 Å². The first-order valence-corrected chi connectivity index (χ1v) is 6.76. The van der Waals surface area contributed by atoms with Gasteiger partial charge in [-0.25, -0.2) is 4.98 Å². The Bertz CT molecular complexity index is 709. The van der Waals surface area contributed by atoms with Crippen molar-refractivity contribution >= 4 is 16.8 Å². The van der Waals surface area contributed by atoms with Gasteiger partial charge in [0, 0.05) is 13.2 Å². The number of fused-ring (bicyclic) bond motifs is 1. The molecule has 1 amide bonds. The van der Waals surface area contributed by atoms with Crippen LogP contribution >= 0.6 is 0 Å². The van der Waals surface area contributed by atoms with Crippen molar-refractivity contribution in [3.05, 3.63) is 40.4 Å². The van der Waals surface area contributed by atoms with Crippen LogP contribution in [0.15, 0.2) is 29.3 Å². The lowest BCUT2D eigenvalue weighted by Crippen LogP contribution is -2.39. The van der Waals surface area contributed by atoms with Crippen LogP contribution in [0.4, 0.5) is 0 Å². The molecule has 1 aromatic heterocycles. The van der Waals surface area contributed by atoms with Gasteiger partial charge in [0.2, 0.25) is 5.91 Å². The number of methoxy groups -OCH3 is 1. The van der Waals surface area contributed by atoms with E-state index in [4.69, 9.17) is 4.74 Å². The minimum Gasteiger partial charge on any atom is -0.383 e. The lowest BCUT2D eigenvalue weighted by atomic mass is 10.1. The molecule has 0 saturated carbocycles. The van der Waals surface area contributed by atoms with E-state index >= 15 is 0 Å². The molecule has 1 aromatic carbocycles. The third kappa shape index (κ3) is 3.46. The summed E-state index contributed by atoms with van der Waals surface area (Å²) in [6, 6.07) is 5.33. The fourth-order valence-corrected chi connectivity index (χ4v) is 2.22. The summed E-state index contributed by atoms with van der Waals surface area (Å²) in [6.07, 6.45) is 1.41. The Kier molecular flexibility index (Phi) is 4.70. The Morgan fingerprint density at radius 1 is 1.48 bits per heavy atom. The van der Waals surface area contributed by atoms with E-state index in [0.717, 1.165) is 5.56 Å². The topological polar surface area (TPSA) is 73.2 Å². The highest BCUT2D eigenvalue weighted by atomic mass is 16.5. The van der Waals surface area contributed by atoms with E-state index < -0.39 is 0 Å². The first-order valence-electron chi connectivity index (χ1n) is 6.76. The molecule has 0 aliphatic carbocycles. The number of para-hydroxylation sites is 1. The minimum absolute atomic E-state index is 0.0518. The molecule has 1 N–H and O–H groups in total. The van der Waals surface area contributed by atoms with Crippen LogP contribution in [0.2, 0.25) is 0 Å². The third-order valence-corrected chi connectivity index (χ3v) is 3.19. The molecule has 1 atom stereocenters. The van der Waals surface area contributed by atoms with Gasteiger partial charge in [-0.05, 0) is 25.5 Å². The van der Waals surface area contributed by atoms with Gasteiger partial charge in [-0.1, -0.05) is 12.1 Å². The van der Waals surface area contributed by atoms with Crippen LogP contribution in [-0.4, -0.2) is 35.2 Å². The Morgan fingerprint density at radius 3 is 2.95 bits per heavy atom. The second-order valence-corrected chi connectivity index (χ2v) is 5.07. The molecule has 0 aliphatic heterocycles. The molecule has 0 saturated heterocycles. The molecular weight excluding hydrogens is 270 g/mol. The Hall–Kier alpha value is -2.21. The first-order chi connectivity index (χ1) is 10.0. The molecule has 0 fully saturated rings.